The minimum absolute atomic E-state index is 0.0931. The molecule has 6 nitrogen and oxygen atoms in total. The Balaban J connectivity index is 1.66. The number of fused-ring (bicyclic) bond motifs is 2. The Morgan fingerprint density at radius 2 is 1.93 bits per heavy atom. The molecular weight excluding hydrogens is 398 g/mol. The number of aromatic nitrogens is 1. The van der Waals surface area contributed by atoms with Gasteiger partial charge >= 0.3 is 0 Å². The van der Waals surface area contributed by atoms with Crippen LogP contribution in [0.1, 0.15) is 29.2 Å². The van der Waals surface area contributed by atoms with Gasteiger partial charge in [0.2, 0.25) is 6.79 Å². The maximum absolute atomic E-state index is 12.8. The zero-order chi connectivity index (χ0) is 21.3. The molecule has 0 aliphatic carbocycles. The van der Waals surface area contributed by atoms with E-state index in [9.17, 15) is 4.79 Å². The number of rotatable bonds is 5. The van der Waals surface area contributed by atoms with Crippen LogP contribution in [-0.4, -0.2) is 28.3 Å². The molecule has 2 heterocycles. The highest BCUT2D eigenvalue weighted by molar-refractivity contribution is 7.80. The summed E-state index contributed by atoms with van der Waals surface area (Å²) in [5.74, 6) is 1.48. The molecule has 0 atom stereocenters. The van der Waals surface area contributed by atoms with E-state index >= 15 is 0 Å². The zero-order valence-electron chi connectivity index (χ0n) is 17.4. The minimum Gasteiger partial charge on any atom is -0.454 e. The monoisotopic (exact) mass is 423 g/mol. The molecule has 4 rings (SSSR count). The molecule has 1 aliphatic rings. The van der Waals surface area contributed by atoms with Gasteiger partial charge in [0.1, 0.15) is 0 Å². The molecule has 2 N–H and O–H groups in total. The molecule has 0 fully saturated rings. The van der Waals surface area contributed by atoms with Gasteiger partial charge in [-0.2, -0.15) is 0 Å². The number of aryl methyl sites for hydroxylation is 2. The smallest absolute Gasteiger partial charge is 0.253 e. The summed E-state index contributed by atoms with van der Waals surface area (Å²) in [6.45, 7) is 7.97. The van der Waals surface area contributed by atoms with Crippen LogP contribution in [0, 0.1) is 13.8 Å². The van der Waals surface area contributed by atoms with Gasteiger partial charge in [-0.05, 0) is 73.8 Å². The van der Waals surface area contributed by atoms with Gasteiger partial charge in [0.25, 0.3) is 5.56 Å². The molecule has 0 unspecified atom stereocenters. The van der Waals surface area contributed by atoms with Crippen molar-refractivity contribution in [3.05, 3.63) is 69.0 Å². The van der Waals surface area contributed by atoms with Crippen molar-refractivity contribution in [2.24, 2.45) is 0 Å². The minimum atomic E-state index is -0.0931. The van der Waals surface area contributed by atoms with Gasteiger partial charge < -0.3 is 24.7 Å². The first-order chi connectivity index (χ1) is 14.4. The van der Waals surface area contributed by atoms with Gasteiger partial charge in [0.15, 0.2) is 16.6 Å². The van der Waals surface area contributed by atoms with E-state index in [0.717, 1.165) is 33.5 Å². The van der Waals surface area contributed by atoms with Crippen LogP contribution in [0.2, 0.25) is 0 Å². The molecule has 1 aliphatic heterocycles. The first-order valence-electron chi connectivity index (χ1n) is 9.99. The Labute approximate surface area is 180 Å². The van der Waals surface area contributed by atoms with Gasteiger partial charge in [-0.3, -0.25) is 4.79 Å². The molecule has 0 bridgehead atoms. The number of H-pyrrole nitrogens is 1. The number of thiocarbonyl (C=S) groups is 1. The largest absolute Gasteiger partial charge is 0.454 e. The number of nitrogens with zero attached hydrogens (tertiary/aromatic N) is 1. The van der Waals surface area contributed by atoms with Gasteiger partial charge in [-0.1, -0.05) is 17.7 Å². The second-order valence-electron chi connectivity index (χ2n) is 7.55. The Kier molecular flexibility index (Phi) is 5.63. The van der Waals surface area contributed by atoms with Crippen molar-refractivity contribution in [3.8, 4) is 11.5 Å². The van der Waals surface area contributed by atoms with Crippen molar-refractivity contribution in [1.29, 1.82) is 0 Å². The van der Waals surface area contributed by atoms with E-state index in [1.807, 2.05) is 43.0 Å². The van der Waals surface area contributed by atoms with Crippen molar-refractivity contribution < 1.29 is 9.47 Å². The van der Waals surface area contributed by atoms with Crippen LogP contribution in [0.5, 0.6) is 11.5 Å². The summed E-state index contributed by atoms with van der Waals surface area (Å²) in [7, 11) is 0. The number of pyridine rings is 1. The van der Waals surface area contributed by atoms with Gasteiger partial charge in [0.05, 0.1) is 12.1 Å². The van der Waals surface area contributed by atoms with E-state index in [4.69, 9.17) is 21.7 Å². The maximum atomic E-state index is 12.8. The lowest BCUT2D eigenvalue weighted by Gasteiger charge is -2.26. The molecule has 0 radical (unpaired) electrons. The summed E-state index contributed by atoms with van der Waals surface area (Å²) < 4.78 is 10.9. The van der Waals surface area contributed by atoms with Crippen molar-refractivity contribution >= 4 is 28.2 Å². The Morgan fingerprint density at radius 3 is 2.73 bits per heavy atom. The Morgan fingerprint density at radius 1 is 1.13 bits per heavy atom. The second-order valence-corrected chi connectivity index (χ2v) is 7.94. The highest BCUT2D eigenvalue weighted by Crippen LogP contribution is 2.33. The zero-order valence-corrected chi connectivity index (χ0v) is 18.2. The van der Waals surface area contributed by atoms with Crippen LogP contribution < -0.4 is 20.3 Å². The van der Waals surface area contributed by atoms with Crippen LogP contribution in [0.15, 0.2) is 41.2 Å². The SMILES string of the molecule is CCNC(=S)N(Cc1ccc2c(c1)OCO2)Cc1cc2cc(C)cc(C)c2[nH]c1=O. The van der Waals surface area contributed by atoms with E-state index in [1.54, 1.807) is 0 Å². The fourth-order valence-corrected chi connectivity index (χ4v) is 4.05. The molecule has 0 amide bonds. The van der Waals surface area contributed by atoms with Gasteiger partial charge in [0, 0.05) is 18.7 Å². The molecule has 3 aromatic rings. The summed E-state index contributed by atoms with van der Waals surface area (Å²) in [5.41, 5.74) is 4.72. The van der Waals surface area contributed by atoms with Crippen molar-refractivity contribution in [2.45, 2.75) is 33.9 Å². The number of benzene rings is 2. The number of hydrogen-bond acceptors (Lipinski definition) is 4. The van der Waals surface area contributed by atoms with Gasteiger partial charge in [-0.15, -0.1) is 0 Å². The van der Waals surface area contributed by atoms with E-state index in [-0.39, 0.29) is 12.4 Å². The quantitative estimate of drug-likeness (QED) is 0.609. The predicted molar refractivity (Wildman–Crippen MR) is 122 cm³/mol. The topological polar surface area (TPSA) is 66.6 Å². The standard InChI is InChI=1S/C23H25N3O3S/c1-4-24-23(30)26(11-16-5-6-19-20(9-16)29-13-28-19)12-18-10-17-8-14(2)7-15(3)21(17)25-22(18)27/h5-10H,4,11-13H2,1-3H3,(H,24,30)(H,25,27). The third-order valence-corrected chi connectivity index (χ3v) is 5.56. The van der Waals surface area contributed by atoms with Gasteiger partial charge in [-0.25, -0.2) is 0 Å². The average molecular weight is 424 g/mol. The molecule has 156 valence electrons. The highest BCUT2D eigenvalue weighted by atomic mass is 32.1. The number of nitrogens with one attached hydrogen (secondary N) is 2. The molecule has 0 spiro atoms. The van der Waals surface area contributed by atoms with Crippen LogP contribution >= 0.6 is 12.2 Å². The molecular formula is C23H25N3O3S. The Hall–Kier alpha value is -3.06. The summed E-state index contributed by atoms with van der Waals surface area (Å²) >= 11 is 5.60. The Bertz CT molecular complexity index is 1170. The van der Waals surface area contributed by atoms with Crippen LogP contribution in [0.3, 0.4) is 0 Å². The van der Waals surface area contributed by atoms with E-state index in [0.29, 0.717) is 30.3 Å². The highest BCUT2D eigenvalue weighted by Gasteiger charge is 2.17. The van der Waals surface area contributed by atoms with Crippen LogP contribution in [-0.2, 0) is 13.1 Å². The lowest BCUT2D eigenvalue weighted by atomic mass is 10.0. The van der Waals surface area contributed by atoms with Crippen molar-refractivity contribution in [3.63, 3.8) is 0 Å². The number of aromatic amines is 1. The third-order valence-electron chi connectivity index (χ3n) is 5.16. The molecule has 2 aromatic carbocycles. The van der Waals surface area contributed by atoms with Crippen LogP contribution in [0.4, 0.5) is 0 Å². The first kappa shape index (κ1) is 20.2. The summed E-state index contributed by atoms with van der Waals surface area (Å²) in [4.78, 5) is 17.9. The van der Waals surface area contributed by atoms with E-state index in [1.165, 1.54) is 5.56 Å². The van der Waals surface area contributed by atoms with E-state index < -0.39 is 0 Å². The fraction of sp³-hybridized carbons (Fsp3) is 0.304. The summed E-state index contributed by atoms with van der Waals surface area (Å²) in [6.07, 6.45) is 0. The first-order valence-corrected chi connectivity index (χ1v) is 10.4. The average Bonchev–Trinajstić information content (AvgIpc) is 3.16. The molecule has 0 saturated carbocycles. The lowest BCUT2D eigenvalue weighted by Crippen LogP contribution is -2.39. The fourth-order valence-electron chi connectivity index (χ4n) is 3.78. The van der Waals surface area contributed by atoms with Crippen LogP contribution in [0.25, 0.3) is 10.9 Å². The second kappa shape index (κ2) is 8.36. The summed E-state index contributed by atoms with van der Waals surface area (Å²) in [6, 6.07) is 12.0. The molecule has 0 saturated heterocycles. The predicted octanol–water partition coefficient (Wildman–Crippen LogP) is 3.77. The number of ether oxygens (including phenoxy) is 2. The van der Waals surface area contributed by atoms with Crippen molar-refractivity contribution in [2.75, 3.05) is 13.3 Å². The molecule has 7 heteroatoms. The molecule has 1 aromatic heterocycles. The number of hydrogen-bond donors (Lipinski definition) is 2. The lowest BCUT2D eigenvalue weighted by molar-refractivity contribution is 0.174. The summed E-state index contributed by atoms with van der Waals surface area (Å²) in [5, 5.41) is 4.84. The van der Waals surface area contributed by atoms with Crippen molar-refractivity contribution in [1.82, 2.24) is 15.2 Å². The normalized spacial score (nSPS) is 12.2. The maximum Gasteiger partial charge on any atom is 0.253 e. The molecule has 30 heavy (non-hydrogen) atoms. The third kappa shape index (κ3) is 4.11. The van der Waals surface area contributed by atoms with E-state index in [2.05, 4.69) is 29.4 Å².